The Morgan fingerprint density at radius 3 is 2.39 bits per heavy atom. The van der Waals surface area contributed by atoms with E-state index in [1.807, 2.05) is 35.2 Å². The minimum atomic E-state index is -0.943. The molecule has 1 amide bonds. The number of nitrogens with zero attached hydrogens (tertiary/aromatic N) is 1. The second kappa shape index (κ2) is 11.8. The Morgan fingerprint density at radius 1 is 1.06 bits per heavy atom. The zero-order valence-corrected chi connectivity index (χ0v) is 19.5. The van der Waals surface area contributed by atoms with Crippen molar-refractivity contribution in [2.45, 2.75) is 57.9 Å². The van der Waals surface area contributed by atoms with Crippen LogP contribution < -0.4 is 10.5 Å². The molecule has 0 radical (unpaired) electrons. The number of unbranched alkanes of at least 4 members (excludes halogenated alkanes) is 1. The predicted molar refractivity (Wildman–Crippen MR) is 129 cm³/mol. The normalized spacial score (nSPS) is 20.2. The van der Waals surface area contributed by atoms with Gasteiger partial charge in [-0.15, -0.1) is 0 Å². The fourth-order valence-electron chi connectivity index (χ4n) is 4.66. The van der Waals surface area contributed by atoms with E-state index in [9.17, 15) is 14.7 Å². The number of carbonyl (C=O) groups is 2. The van der Waals surface area contributed by atoms with E-state index in [1.54, 1.807) is 6.92 Å². The summed E-state index contributed by atoms with van der Waals surface area (Å²) in [5, 5.41) is 9.36. The number of likely N-dealkylation sites (tertiary alicyclic amines) is 1. The van der Waals surface area contributed by atoms with E-state index in [1.165, 1.54) is 11.1 Å². The lowest BCUT2D eigenvalue weighted by Crippen LogP contribution is -2.39. The van der Waals surface area contributed by atoms with E-state index in [0.29, 0.717) is 26.1 Å². The molecule has 2 aromatic carbocycles. The zero-order valence-electron chi connectivity index (χ0n) is 19.5. The number of ether oxygens (including phenoxy) is 1. The molecule has 178 valence electrons. The van der Waals surface area contributed by atoms with E-state index in [0.717, 1.165) is 37.9 Å². The molecule has 2 atom stereocenters. The van der Waals surface area contributed by atoms with Crippen molar-refractivity contribution >= 4 is 11.9 Å². The molecule has 0 bridgehead atoms. The minimum absolute atomic E-state index is 0.0817. The largest absolute Gasteiger partial charge is 0.491 e. The van der Waals surface area contributed by atoms with Gasteiger partial charge in [0.1, 0.15) is 12.4 Å². The quantitative estimate of drug-likeness (QED) is 0.447. The summed E-state index contributed by atoms with van der Waals surface area (Å²) >= 11 is 0. The monoisotopic (exact) mass is 452 g/mol. The highest BCUT2D eigenvalue weighted by Gasteiger charge is 2.49. The number of carboxylic acids is 1. The second-order valence-corrected chi connectivity index (χ2v) is 9.28. The van der Waals surface area contributed by atoms with E-state index >= 15 is 0 Å². The Kier molecular flexibility index (Phi) is 8.89. The van der Waals surface area contributed by atoms with Gasteiger partial charge in [0.2, 0.25) is 5.91 Å². The molecular weight excluding hydrogens is 416 g/mol. The van der Waals surface area contributed by atoms with Crippen LogP contribution in [0.4, 0.5) is 0 Å². The second-order valence-electron chi connectivity index (χ2n) is 9.28. The molecule has 0 unspecified atom stereocenters. The van der Waals surface area contributed by atoms with E-state index in [4.69, 9.17) is 10.5 Å². The average molecular weight is 453 g/mol. The van der Waals surface area contributed by atoms with Gasteiger partial charge in [0, 0.05) is 6.54 Å². The van der Waals surface area contributed by atoms with Crippen LogP contribution in [0, 0.1) is 5.41 Å². The van der Waals surface area contributed by atoms with Gasteiger partial charge >= 0.3 is 5.97 Å². The summed E-state index contributed by atoms with van der Waals surface area (Å²) in [4.78, 5) is 26.5. The number of carboxylic acid groups (broad SMARTS) is 1. The topological polar surface area (TPSA) is 92.9 Å². The Balaban J connectivity index is 1.61. The number of aliphatic carboxylic acids is 1. The molecule has 6 nitrogen and oxygen atoms in total. The van der Waals surface area contributed by atoms with Gasteiger partial charge in [0.05, 0.1) is 17.9 Å². The molecule has 0 aliphatic carbocycles. The highest BCUT2D eigenvalue weighted by molar-refractivity contribution is 5.88. The standard InChI is InChI=1S/C27H36N2O4/c1-27(19-25(30)31)18-23(20-33-24-14-12-22(13-15-24)10-5-6-16-28)29(26(27)32)17-7-11-21-8-3-2-4-9-21/h2-4,8-9,12-15,23H,5-7,10-11,16-20,28H2,1H3,(H,30,31)/t23-,27+/m1/s1. The fraction of sp³-hybridized carbons (Fsp3) is 0.481. The Hall–Kier alpha value is -2.86. The number of rotatable bonds is 13. The van der Waals surface area contributed by atoms with Crippen molar-refractivity contribution < 1.29 is 19.4 Å². The number of hydrogen-bond acceptors (Lipinski definition) is 4. The van der Waals surface area contributed by atoms with E-state index < -0.39 is 11.4 Å². The van der Waals surface area contributed by atoms with Gasteiger partial charge in [-0.1, -0.05) is 49.4 Å². The van der Waals surface area contributed by atoms with Crippen LogP contribution in [-0.4, -0.2) is 47.6 Å². The first-order valence-corrected chi connectivity index (χ1v) is 11.9. The van der Waals surface area contributed by atoms with Crippen LogP contribution in [0.2, 0.25) is 0 Å². The SMILES string of the molecule is C[C@@]1(CC(=O)O)C[C@H](COc2ccc(CCCCN)cc2)N(CCCc2ccccc2)C1=O. The van der Waals surface area contributed by atoms with Crippen molar-refractivity contribution in [3.05, 3.63) is 65.7 Å². The van der Waals surface area contributed by atoms with Crippen molar-refractivity contribution in [1.82, 2.24) is 4.90 Å². The van der Waals surface area contributed by atoms with Crippen molar-refractivity contribution in [3.63, 3.8) is 0 Å². The molecule has 1 heterocycles. The maximum atomic E-state index is 13.2. The van der Waals surface area contributed by atoms with Crippen LogP contribution in [0.25, 0.3) is 0 Å². The van der Waals surface area contributed by atoms with E-state index in [2.05, 4.69) is 24.3 Å². The molecular formula is C27H36N2O4. The lowest BCUT2D eigenvalue weighted by molar-refractivity contribution is -0.146. The van der Waals surface area contributed by atoms with Gasteiger partial charge in [0.25, 0.3) is 0 Å². The number of hydrogen-bond donors (Lipinski definition) is 2. The predicted octanol–water partition coefficient (Wildman–Crippen LogP) is 4.06. The molecule has 3 rings (SSSR count). The van der Waals surface area contributed by atoms with Gasteiger partial charge in [-0.3, -0.25) is 9.59 Å². The Bertz CT molecular complexity index is 900. The number of benzene rings is 2. The molecule has 3 N–H and O–H groups in total. The molecule has 1 aliphatic heterocycles. The first-order valence-electron chi connectivity index (χ1n) is 11.9. The van der Waals surface area contributed by atoms with Crippen molar-refractivity contribution in [1.29, 1.82) is 0 Å². The summed E-state index contributed by atoms with van der Waals surface area (Å²) in [7, 11) is 0. The minimum Gasteiger partial charge on any atom is -0.491 e. The van der Waals surface area contributed by atoms with Crippen LogP contribution >= 0.6 is 0 Å². The number of nitrogens with two attached hydrogens (primary N) is 1. The first kappa shape index (κ1) is 24.8. The summed E-state index contributed by atoms with van der Waals surface area (Å²) in [6, 6.07) is 18.1. The average Bonchev–Trinajstić information content (AvgIpc) is 3.03. The van der Waals surface area contributed by atoms with Crippen LogP contribution in [0.5, 0.6) is 5.75 Å². The number of aryl methyl sites for hydroxylation is 2. The molecule has 1 fully saturated rings. The zero-order chi connectivity index (χ0) is 23.7. The summed E-state index contributed by atoms with van der Waals surface area (Å²) in [5.41, 5.74) is 7.16. The smallest absolute Gasteiger partial charge is 0.304 e. The van der Waals surface area contributed by atoms with Gasteiger partial charge in [-0.25, -0.2) is 0 Å². The molecule has 0 aromatic heterocycles. The molecule has 33 heavy (non-hydrogen) atoms. The Morgan fingerprint density at radius 2 is 1.73 bits per heavy atom. The van der Waals surface area contributed by atoms with Gasteiger partial charge in [0.15, 0.2) is 0 Å². The third kappa shape index (κ3) is 7.06. The molecule has 0 saturated carbocycles. The summed E-state index contributed by atoms with van der Waals surface area (Å²) < 4.78 is 6.05. The van der Waals surface area contributed by atoms with Crippen molar-refractivity contribution in [2.75, 3.05) is 19.7 Å². The molecule has 1 saturated heterocycles. The summed E-state index contributed by atoms with van der Waals surface area (Å²) in [6.45, 7) is 3.43. The van der Waals surface area contributed by atoms with Crippen LogP contribution in [0.1, 0.15) is 50.2 Å². The first-order chi connectivity index (χ1) is 15.9. The maximum Gasteiger partial charge on any atom is 0.304 e. The number of amides is 1. The highest BCUT2D eigenvalue weighted by Crippen LogP contribution is 2.39. The third-order valence-corrected chi connectivity index (χ3v) is 6.44. The molecule has 2 aromatic rings. The van der Waals surface area contributed by atoms with Crippen molar-refractivity contribution in [2.24, 2.45) is 11.1 Å². The molecule has 6 heteroatoms. The van der Waals surface area contributed by atoms with Crippen LogP contribution in [0.3, 0.4) is 0 Å². The Labute approximate surface area is 196 Å². The van der Waals surface area contributed by atoms with Gasteiger partial charge < -0.3 is 20.5 Å². The maximum absolute atomic E-state index is 13.2. The summed E-state index contributed by atoms with van der Waals surface area (Å²) in [5.74, 6) is -0.259. The third-order valence-electron chi connectivity index (χ3n) is 6.44. The van der Waals surface area contributed by atoms with Crippen molar-refractivity contribution in [3.8, 4) is 5.75 Å². The van der Waals surface area contributed by atoms with Crippen LogP contribution in [-0.2, 0) is 22.4 Å². The fourth-order valence-corrected chi connectivity index (χ4v) is 4.66. The lowest BCUT2D eigenvalue weighted by atomic mass is 9.84. The molecule has 1 aliphatic rings. The van der Waals surface area contributed by atoms with Crippen LogP contribution in [0.15, 0.2) is 54.6 Å². The number of carbonyl (C=O) groups excluding carboxylic acids is 1. The van der Waals surface area contributed by atoms with Gasteiger partial charge in [-0.2, -0.15) is 0 Å². The molecule has 0 spiro atoms. The van der Waals surface area contributed by atoms with E-state index in [-0.39, 0.29) is 18.4 Å². The summed E-state index contributed by atoms with van der Waals surface area (Å²) in [6.07, 6.45) is 5.11. The van der Waals surface area contributed by atoms with Gasteiger partial charge in [-0.05, 0) is 68.3 Å². The lowest BCUT2D eigenvalue weighted by Gasteiger charge is -2.25. The highest BCUT2D eigenvalue weighted by atomic mass is 16.5.